The van der Waals surface area contributed by atoms with Gasteiger partial charge in [0.05, 0.1) is 12.0 Å². The van der Waals surface area contributed by atoms with Crippen molar-refractivity contribution in [3.05, 3.63) is 90.3 Å². The van der Waals surface area contributed by atoms with E-state index in [2.05, 4.69) is 10.3 Å². The average molecular weight is 396 g/mol. The third-order valence-corrected chi connectivity index (χ3v) is 6.40. The van der Waals surface area contributed by atoms with E-state index in [0.29, 0.717) is 16.9 Å². The largest absolute Gasteiger partial charge is 0.497 e. The number of methoxy groups -OCH3 is 1. The van der Waals surface area contributed by atoms with Crippen LogP contribution in [0.4, 0.5) is 0 Å². The smallest absolute Gasteiger partial charge is 0.251 e. The molecule has 0 fully saturated rings. The summed E-state index contributed by atoms with van der Waals surface area (Å²) in [7, 11) is -2.21. The van der Waals surface area contributed by atoms with E-state index in [0.717, 1.165) is 0 Å². The second kappa shape index (κ2) is 8.67. The number of carbonyl (C=O) groups is 1. The fourth-order valence-corrected chi connectivity index (χ4v) is 4.46. The molecule has 3 aromatic rings. The SMILES string of the molecule is COc1cccc(C(=O)NC[C@H](c2cccnc2)S(=O)(=O)c2ccccc2)c1. The Morgan fingerprint density at radius 2 is 1.86 bits per heavy atom. The third-order valence-electron chi connectivity index (χ3n) is 4.28. The van der Waals surface area contributed by atoms with Crippen LogP contribution in [0.1, 0.15) is 21.2 Å². The lowest BCUT2D eigenvalue weighted by molar-refractivity contribution is 0.0953. The topological polar surface area (TPSA) is 85.4 Å². The summed E-state index contributed by atoms with van der Waals surface area (Å²) in [6.07, 6.45) is 3.08. The van der Waals surface area contributed by atoms with Gasteiger partial charge in [0, 0.05) is 24.5 Å². The zero-order valence-corrected chi connectivity index (χ0v) is 16.1. The Morgan fingerprint density at radius 1 is 1.07 bits per heavy atom. The van der Waals surface area contributed by atoms with Gasteiger partial charge in [-0.15, -0.1) is 0 Å². The van der Waals surface area contributed by atoms with Crippen LogP contribution in [-0.4, -0.2) is 33.0 Å². The maximum Gasteiger partial charge on any atom is 0.251 e. The van der Waals surface area contributed by atoms with Crippen molar-refractivity contribution in [3.63, 3.8) is 0 Å². The number of rotatable bonds is 7. The Balaban J connectivity index is 1.87. The molecule has 0 unspecified atom stereocenters. The first-order chi connectivity index (χ1) is 13.5. The Morgan fingerprint density at radius 3 is 2.54 bits per heavy atom. The highest BCUT2D eigenvalue weighted by Gasteiger charge is 2.29. The molecule has 6 nitrogen and oxygen atoms in total. The van der Waals surface area contributed by atoms with Crippen LogP contribution < -0.4 is 10.1 Å². The van der Waals surface area contributed by atoms with Crippen molar-refractivity contribution in [2.75, 3.05) is 13.7 Å². The molecule has 0 bridgehead atoms. The van der Waals surface area contributed by atoms with Gasteiger partial charge in [-0.05, 0) is 42.0 Å². The van der Waals surface area contributed by atoms with Gasteiger partial charge >= 0.3 is 0 Å². The van der Waals surface area contributed by atoms with Crippen LogP contribution in [0.2, 0.25) is 0 Å². The molecule has 1 heterocycles. The van der Waals surface area contributed by atoms with Crippen LogP contribution in [0.5, 0.6) is 5.75 Å². The van der Waals surface area contributed by atoms with Crippen LogP contribution in [0.3, 0.4) is 0 Å². The second-order valence-electron chi connectivity index (χ2n) is 6.08. The maximum absolute atomic E-state index is 13.2. The van der Waals surface area contributed by atoms with Gasteiger partial charge < -0.3 is 10.1 Å². The molecule has 1 amide bonds. The minimum atomic E-state index is -3.72. The average Bonchev–Trinajstić information content (AvgIpc) is 2.75. The van der Waals surface area contributed by atoms with Crippen LogP contribution >= 0.6 is 0 Å². The van der Waals surface area contributed by atoms with Crippen molar-refractivity contribution in [2.45, 2.75) is 10.1 Å². The quantitative estimate of drug-likeness (QED) is 0.663. The minimum absolute atomic E-state index is 0.0844. The summed E-state index contributed by atoms with van der Waals surface area (Å²) in [6.45, 7) is -0.0844. The number of aromatic nitrogens is 1. The number of amides is 1. The summed E-state index contributed by atoms with van der Waals surface area (Å²) in [5, 5.41) is 1.76. The number of pyridine rings is 1. The molecule has 0 aliphatic carbocycles. The van der Waals surface area contributed by atoms with Crippen LogP contribution in [0, 0.1) is 0 Å². The molecular formula is C21H20N2O4S. The lowest BCUT2D eigenvalue weighted by atomic mass is 10.2. The number of hydrogen-bond donors (Lipinski definition) is 1. The van der Waals surface area contributed by atoms with Crippen molar-refractivity contribution >= 4 is 15.7 Å². The van der Waals surface area contributed by atoms with Gasteiger partial charge in [0.2, 0.25) is 0 Å². The molecular weight excluding hydrogens is 376 g/mol. The Bertz CT molecular complexity index is 1040. The lowest BCUT2D eigenvalue weighted by Crippen LogP contribution is -2.32. The molecule has 144 valence electrons. The first kappa shape index (κ1) is 19.6. The van der Waals surface area contributed by atoms with Crippen molar-refractivity contribution < 1.29 is 17.9 Å². The third kappa shape index (κ3) is 4.37. The molecule has 0 aliphatic heterocycles. The van der Waals surface area contributed by atoms with E-state index in [1.165, 1.54) is 13.3 Å². The molecule has 7 heteroatoms. The number of hydrogen-bond acceptors (Lipinski definition) is 5. The number of benzene rings is 2. The molecule has 1 N–H and O–H groups in total. The van der Waals surface area contributed by atoms with Gasteiger partial charge in [-0.3, -0.25) is 9.78 Å². The molecule has 0 spiro atoms. The van der Waals surface area contributed by atoms with E-state index >= 15 is 0 Å². The molecule has 0 saturated heterocycles. The number of ether oxygens (including phenoxy) is 1. The van der Waals surface area contributed by atoms with Gasteiger partial charge in [-0.2, -0.15) is 0 Å². The summed E-state index contributed by atoms with van der Waals surface area (Å²) in [6, 6.07) is 18.2. The highest BCUT2D eigenvalue weighted by atomic mass is 32.2. The lowest BCUT2D eigenvalue weighted by Gasteiger charge is -2.19. The molecule has 0 saturated carbocycles. The molecule has 0 aliphatic rings. The van der Waals surface area contributed by atoms with E-state index < -0.39 is 15.1 Å². The van der Waals surface area contributed by atoms with Gasteiger partial charge in [0.1, 0.15) is 11.0 Å². The first-order valence-corrected chi connectivity index (χ1v) is 10.2. The molecule has 0 radical (unpaired) electrons. The van der Waals surface area contributed by atoms with Gasteiger partial charge in [-0.25, -0.2) is 8.42 Å². The number of sulfone groups is 1. The van der Waals surface area contributed by atoms with E-state index in [-0.39, 0.29) is 17.3 Å². The van der Waals surface area contributed by atoms with Crippen molar-refractivity contribution in [3.8, 4) is 5.75 Å². The van der Waals surface area contributed by atoms with E-state index in [1.54, 1.807) is 72.9 Å². The van der Waals surface area contributed by atoms with Crippen molar-refractivity contribution in [2.24, 2.45) is 0 Å². The monoisotopic (exact) mass is 396 g/mol. The summed E-state index contributed by atoms with van der Waals surface area (Å²) >= 11 is 0. The van der Waals surface area contributed by atoms with Crippen LogP contribution in [0.25, 0.3) is 0 Å². The molecule has 28 heavy (non-hydrogen) atoms. The Hall–Kier alpha value is -3.19. The summed E-state index contributed by atoms with van der Waals surface area (Å²) in [4.78, 5) is 16.8. The van der Waals surface area contributed by atoms with Gasteiger partial charge in [0.25, 0.3) is 5.91 Å². The van der Waals surface area contributed by atoms with Crippen molar-refractivity contribution in [1.82, 2.24) is 10.3 Å². The predicted octanol–water partition coefficient (Wildman–Crippen LogP) is 3.04. The van der Waals surface area contributed by atoms with E-state index in [1.807, 2.05) is 0 Å². The van der Waals surface area contributed by atoms with Crippen molar-refractivity contribution in [1.29, 1.82) is 0 Å². The minimum Gasteiger partial charge on any atom is -0.497 e. The zero-order chi connectivity index (χ0) is 20.0. The molecule has 1 aromatic heterocycles. The van der Waals surface area contributed by atoms with Crippen LogP contribution in [0.15, 0.2) is 84.0 Å². The van der Waals surface area contributed by atoms with Crippen LogP contribution in [-0.2, 0) is 9.84 Å². The highest BCUT2D eigenvalue weighted by molar-refractivity contribution is 7.91. The maximum atomic E-state index is 13.2. The van der Waals surface area contributed by atoms with E-state index in [4.69, 9.17) is 4.74 Å². The first-order valence-electron chi connectivity index (χ1n) is 8.63. The van der Waals surface area contributed by atoms with Gasteiger partial charge in [0.15, 0.2) is 9.84 Å². The second-order valence-corrected chi connectivity index (χ2v) is 8.21. The normalized spacial score (nSPS) is 12.2. The number of nitrogens with one attached hydrogen (secondary N) is 1. The molecule has 2 aromatic carbocycles. The fourth-order valence-electron chi connectivity index (χ4n) is 2.80. The molecule has 1 atom stereocenters. The standard InChI is InChI=1S/C21H20N2O4S/c1-27-18-9-5-7-16(13-18)21(24)23-15-20(17-8-6-12-22-14-17)28(25,26)19-10-3-2-4-11-19/h2-14,20H,15H2,1H3,(H,23,24)/t20-/m1/s1. The summed E-state index contributed by atoms with van der Waals surface area (Å²) < 4.78 is 31.5. The summed E-state index contributed by atoms with van der Waals surface area (Å²) in [5.41, 5.74) is 0.902. The zero-order valence-electron chi connectivity index (χ0n) is 15.3. The fraction of sp³-hybridized carbons (Fsp3) is 0.143. The summed E-state index contributed by atoms with van der Waals surface area (Å²) in [5.74, 6) is 0.171. The number of nitrogens with zero attached hydrogens (tertiary/aromatic N) is 1. The Labute approximate surface area is 164 Å². The molecule has 3 rings (SSSR count). The predicted molar refractivity (Wildman–Crippen MR) is 106 cm³/mol. The highest BCUT2D eigenvalue weighted by Crippen LogP contribution is 2.28. The van der Waals surface area contributed by atoms with E-state index in [9.17, 15) is 13.2 Å². The Kier molecular flexibility index (Phi) is 6.06. The number of carbonyl (C=O) groups excluding carboxylic acids is 1. The van der Waals surface area contributed by atoms with Gasteiger partial charge in [-0.1, -0.05) is 30.3 Å².